The molecule has 0 aromatic heterocycles. The predicted molar refractivity (Wildman–Crippen MR) is 106 cm³/mol. The molecule has 0 saturated carbocycles. The molecule has 1 atom stereocenters. The second-order valence-corrected chi connectivity index (χ2v) is 7.75. The first-order chi connectivity index (χ1) is 11.1. The Balaban J connectivity index is 2.32. The fourth-order valence-corrected chi connectivity index (χ4v) is 4.42. The van der Waals surface area contributed by atoms with Crippen molar-refractivity contribution in [2.45, 2.75) is 64.5 Å². The topological polar surface area (TPSA) is 0 Å². The van der Waals surface area contributed by atoms with E-state index in [4.69, 9.17) is 0 Å². The number of aryl methyl sites for hydroxylation is 2. The van der Waals surface area contributed by atoms with Crippen LogP contribution < -0.4 is 0 Å². The van der Waals surface area contributed by atoms with Crippen LogP contribution in [-0.4, -0.2) is 0 Å². The molecule has 23 heavy (non-hydrogen) atoms. The van der Waals surface area contributed by atoms with E-state index < -0.39 is 0 Å². The molecule has 0 heterocycles. The van der Waals surface area contributed by atoms with E-state index in [-0.39, 0.29) is 5.16 Å². The summed E-state index contributed by atoms with van der Waals surface area (Å²) in [5.74, 6) is 0. The third-order valence-electron chi connectivity index (χ3n) is 4.93. The summed E-state index contributed by atoms with van der Waals surface area (Å²) in [5, 5.41) is 0.0307. The highest BCUT2D eigenvalue weighted by molar-refractivity contribution is 7.19. The predicted octanol–water partition coefficient (Wildman–Crippen LogP) is 6.78. The normalized spacial score (nSPS) is 11.7. The van der Waals surface area contributed by atoms with E-state index in [1.54, 1.807) is 0 Å². The number of hydrogen-bond acceptors (Lipinski definition) is 0. The fourth-order valence-electron chi connectivity index (χ4n) is 3.57. The molecule has 0 nitrogen and oxygen atoms in total. The minimum atomic E-state index is 0.0307. The molecular weight excluding hydrogens is 295 g/mol. The lowest BCUT2D eigenvalue weighted by atomic mass is 9.81. The highest BCUT2D eigenvalue weighted by atomic mass is 31.0. The Morgan fingerprint density at radius 1 is 0.739 bits per heavy atom. The van der Waals surface area contributed by atoms with Crippen LogP contribution in [0.25, 0.3) is 0 Å². The lowest BCUT2D eigenvalue weighted by Crippen LogP contribution is -2.22. The highest BCUT2D eigenvalue weighted by Crippen LogP contribution is 2.45. The van der Waals surface area contributed by atoms with Gasteiger partial charge in [-0.05, 0) is 42.5 Å². The van der Waals surface area contributed by atoms with Gasteiger partial charge in [-0.3, -0.25) is 0 Å². The summed E-state index contributed by atoms with van der Waals surface area (Å²) >= 11 is 0. The second-order valence-electron chi connectivity index (χ2n) is 6.77. The largest absolute Gasteiger partial charge is 0.122 e. The first-order valence-electron chi connectivity index (χ1n) is 9.00. The SMILES string of the molecule is CCCCCCCC(P)(c1ccccc1C)c1ccccc1C. The highest BCUT2D eigenvalue weighted by Gasteiger charge is 2.31. The summed E-state index contributed by atoms with van der Waals surface area (Å²) in [4.78, 5) is 0. The minimum absolute atomic E-state index is 0.0307. The van der Waals surface area contributed by atoms with Gasteiger partial charge >= 0.3 is 0 Å². The quantitative estimate of drug-likeness (QED) is 0.370. The van der Waals surface area contributed by atoms with Crippen molar-refractivity contribution in [3.8, 4) is 0 Å². The van der Waals surface area contributed by atoms with E-state index in [1.165, 1.54) is 60.8 Å². The average Bonchev–Trinajstić information content (AvgIpc) is 2.55. The molecule has 2 aromatic carbocycles. The van der Waals surface area contributed by atoms with Crippen molar-refractivity contribution in [2.24, 2.45) is 0 Å². The fraction of sp³-hybridized carbons (Fsp3) is 0.455. The first kappa shape index (κ1) is 18.2. The van der Waals surface area contributed by atoms with Gasteiger partial charge in [-0.1, -0.05) is 87.6 Å². The Labute approximate surface area is 144 Å². The van der Waals surface area contributed by atoms with Gasteiger partial charge in [-0.25, -0.2) is 0 Å². The average molecular weight is 326 g/mol. The lowest BCUT2D eigenvalue weighted by Gasteiger charge is -2.34. The summed E-state index contributed by atoms with van der Waals surface area (Å²) in [6.45, 7) is 6.76. The number of benzene rings is 2. The van der Waals surface area contributed by atoms with Gasteiger partial charge in [0, 0.05) is 5.16 Å². The van der Waals surface area contributed by atoms with E-state index in [1.807, 2.05) is 0 Å². The zero-order valence-corrected chi connectivity index (χ0v) is 16.1. The van der Waals surface area contributed by atoms with E-state index in [9.17, 15) is 0 Å². The maximum atomic E-state index is 3.21. The molecule has 1 heteroatoms. The summed E-state index contributed by atoms with van der Waals surface area (Å²) in [7, 11) is 3.21. The van der Waals surface area contributed by atoms with Crippen molar-refractivity contribution in [1.29, 1.82) is 0 Å². The Bertz CT molecular complexity index is 569. The van der Waals surface area contributed by atoms with Crippen LogP contribution >= 0.6 is 9.24 Å². The van der Waals surface area contributed by atoms with E-state index >= 15 is 0 Å². The molecule has 124 valence electrons. The van der Waals surface area contributed by atoms with Crippen LogP contribution in [0.3, 0.4) is 0 Å². The summed E-state index contributed by atoms with van der Waals surface area (Å²) in [6, 6.07) is 17.7. The molecule has 0 radical (unpaired) electrons. The van der Waals surface area contributed by atoms with Crippen LogP contribution in [0, 0.1) is 13.8 Å². The van der Waals surface area contributed by atoms with Crippen LogP contribution in [0.15, 0.2) is 48.5 Å². The van der Waals surface area contributed by atoms with Crippen LogP contribution in [0.1, 0.15) is 67.7 Å². The third kappa shape index (κ3) is 4.45. The maximum absolute atomic E-state index is 3.21. The van der Waals surface area contributed by atoms with E-state index in [0.29, 0.717) is 0 Å². The van der Waals surface area contributed by atoms with Crippen molar-refractivity contribution in [1.82, 2.24) is 0 Å². The molecule has 0 amide bonds. The van der Waals surface area contributed by atoms with Gasteiger partial charge in [-0.2, -0.15) is 0 Å². The zero-order valence-electron chi connectivity index (χ0n) is 14.9. The van der Waals surface area contributed by atoms with Gasteiger partial charge in [0.1, 0.15) is 0 Å². The molecule has 0 aliphatic heterocycles. The molecule has 0 N–H and O–H groups in total. The molecule has 1 unspecified atom stereocenters. The molecule has 2 aromatic rings. The number of hydrogen-bond donors (Lipinski definition) is 0. The van der Waals surface area contributed by atoms with Crippen molar-refractivity contribution >= 4 is 9.24 Å². The molecule has 0 fully saturated rings. The van der Waals surface area contributed by atoms with E-state index in [0.717, 1.165) is 0 Å². The molecule has 0 saturated heterocycles. The molecule has 0 bridgehead atoms. The standard InChI is InChI=1S/C22H31P/c1-4-5-6-7-12-17-22(23,20-15-10-8-13-18(20)2)21-16-11-9-14-19(21)3/h8-11,13-16H,4-7,12,17,23H2,1-3H3. The van der Waals surface area contributed by atoms with Crippen LogP contribution in [0.5, 0.6) is 0 Å². The third-order valence-corrected chi connectivity index (χ3v) is 5.84. The summed E-state index contributed by atoms with van der Waals surface area (Å²) in [5.41, 5.74) is 5.68. The van der Waals surface area contributed by atoms with Gasteiger partial charge in [0.2, 0.25) is 0 Å². The Kier molecular flexibility index (Phi) is 6.85. The smallest absolute Gasteiger partial charge is 0.0349 e. The molecule has 0 aliphatic carbocycles. The monoisotopic (exact) mass is 326 g/mol. The van der Waals surface area contributed by atoms with Gasteiger partial charge in [0.05, 0.1) is 0 Å². The Hall–Kier alpha value is -1.13. The van der Waals surface area contributed by atoms with Crippen molar-refractivity contribution < 1.29 is 0 Å². The second kappa shape index (κ2) is 8.65. The number of unbranched alkanes of at least 4 members (excludes halogenated alkanes) is 4. The van der Waals surface area contributed by atoms with Gasteiger partial charge in [0.25, 0.3) is 0 Å². The zero-order chi connectivity index (χ0) is 16.7. The minimum Gasteiger partial charge on any atom is -0.122 e. The first-order valence-corrected chi connectivity index (χ1v) is 9.58. The van der Waals surface area contributed by atoms with Crippen LogP contribution in [0.4, 0.5) is 0 Å². The summed E-state index contributed by atoms with van der Waals surface area (Å²) in [6.07, 6.45) is 7.84. The van der Waals surface area contributed by atoms with Crippen LogP contribution in [-0.2, 0) is 5.16 Å². The van der Waals surface area contributed by atoms with E-state index in [2.05, 4.69) is 78.5 Å². The van der Waals surface area contributed by atoms with Crippen LogP contribution in [0.2, 0.25) is 0 Å². The van der Waals surface area contributed by atoms with Gasteiger partial charge in [0.15, 0.2) is 0 Å². The Morgan fingerprint density at radius 3 is 1.70 bits per heavy atom. The lowest BCUT2D eigenvalue weighted by molar-refractivity contribution is 0.554. The molecule has 0 spiro atoms. The van der Waals surface area contributed by atoms with Crippen molar-refractivity contribution in [3.05, 3.63) is 70.8 Å². The molecular formula is C22H31P. The molecule has 0 aliphatic rings. The Morgan fingerprint density at radius 2 is 1.22 bits per heavy atom. The summed E-state index contributed by atoms with van der Waals surface area (Å²) < 4.78 is 0. The van der Waals surface area contributed by atoms with Gasteiger partial charge in [-0.15, -0.1) is 9.24 Å². The molecule has 2 rings (SSSR count). The maximum Gasteiger partial charge on any atom is 0.0349 e. The number of rotatable bonds is 8. The van der Waals surface area contributed by atoms with Crippen molar-refractivity contribution in [3.63, 3.8) is 0 Å². The van der Waals surface area contributed by atoms with Gasteiger partial charge < -0.3 is 0 Å². The van der Waals surface area contributed by atoms with Crippen molar-refractivity contribution in [2.75, 3.05) is 0 Å².